The second-order valence-electron chi connectivity index (χ2n) is 4.04. The molecular formula is C13H21N3O2. The fourth-order valence-corrected chi connectivity index (χ4v) is 1.51. The minimum absolute atomic E-state index is 0.00495. The number of hydrogen-bond acceptors (Lipinski definition) is 4. The van der Waals surface area contributed by atoms with Gasteiger partial charge >= 0.3 is 0 Å². The van der Waals surface area contributed by atoms with Crippen molar-refractivity contribution in [3.8, 4) is 0 Å². The number of amides is 1. The van der Waals surface area contributed by atoms with Crippen molar-refractivity contribution < 1.29 is 9.53 Å². The van der Waals surface area contributed by atoms with Gasteiger partial charge in [-0.15, -0.1) is 0 Å². The average molecular weight is 251 g/mol. The van der Waals surface area contributed by atoms with E-state index in [4.69, 9.17) is 4.74 Å². The van der Waals surface area contributed by atoms with E-state index in [1.165, 1.54) is 0 Å². The van der Waals surface area contributed by atoms with Crippen molar-refractivity contribution >= 4 is 5.91 Å². The van der Waals surface area contributed by atoms with Crippen LogP contribution in [0.1, 0.15) is 11.3 Å². The van der Waals surface area contributed by atoms with Gasteiger partial charge in [0, 0.05) is 32.9 Å². The first-order chi connectivity index (χ1) is 8.74. The molecule has 0 bridgehead atoms. The van der Waals surface area contributed by atoms with Crippen molar-refractivity contribution in [2.24, 2.45) is 0 Å². The third kappa shape index (κ3) is 5.75. The van der Waals surface area contributed by atoms with Gasteiger partial charge in [-0.05, 0) is 18.6 Å². The summed E-state index contributed by atoms with van der Waals surface area (Å²) in [5.74, 6) is 0.00495. The lowest BCUT2D eigenvalue weighted by Gasteiger charge is -2.07. The molecule has 0 aliphatic rings. The number of ether oxygens (including phenoxy) is 1. The maximum atomic E-state index is 11.6. The summed E-state index contributed by atoms with van der Waals surface area (Å²) in [5, 5.41) is 6.01. The molecule has 1 rings (SSSR count). The predicted molar refractivity (Wildman–Crippen MR) is 70.4 cm³/mol. The molecule has 0 spiro atoms. The summed E-state index contributed by atoms with van der Waals surface area (Å²) in [6.07, 6.45) is 2.05. The summed E-state index contributed by atoms with van der Waals surface area (Å²) in [6, 6.07) is 3.83. The van der Waals surface area contributed by atoms with Gasteiger partial charge < -0.3 is 15.4 Å². The van der Waals surface area contributed by atoms with Crippen LogP contribution in [0.15, 0.2) is 18.3 Å². The van der Waals surface area contributed by atoms with Gasteiger partial charge in [0.2, 0.25) is 5.91 Å². The van der Waals surface area contributed by atoms with Crippen molar-refractivity contribution in [1.82, 2.24) is 15.6 Å². The highest BCUT2D eigenvalue weighted by Crippen LogP contribution is 2.03. The van der Waals surface area contributed by atoms with Crippen molar-refractivity contribution in [1.29, 1.82) is 0 Å². The third-order valence-corrected chi connectivity index (χ3v) is 2.55. The molecule has 5 heteroatoms. The van der Waals surface area contributed by atoms with Gasteiger partial charge in [-0.3, -0.25) is 9.78 Å². The molecule has 1 aromatic rings. The molecule has 1 aromatic heterocycles. The summed E-state index contributed by atoms with van der Waals surface area (Å²) in [4.78, 5) is 15.8. The molecule has 100 valence electrons. The second kappa shape index (κ2) is 8.60. The standard InChI is InChI=1S/C13H21N3O2/c1-11-4-3-5-15-12(11)10-13(17)16-7-6-14-8-9-18-2/h3-5,14H,6-10H2,1-2H3,(H,16,17). The molecule has 0 saturated heterocycles. The summed E-state index contributed by atoms with van der Waals surface area (Å²) in [6.45, 7) is 4.81. The molecule has 1 amide bonds. The van der Waals surface area contributed by atoms with Crippen LogP contribution in [0.5, 0.6) is 0 Å². The van der Waals surface area contributed by atoms with Crippen LogP contribution >= 0.6 is 0 Å². The molecule has 2 N–H and O–H groups in total. The number of hydrogen-bond donors (Lipinski definition) is 2. The number of carbonyl (C=O) groups is 1. The number of aryl methyl sites for hydroxylation is 1. The molecule has 18 heavy (non-hydrogen) atoms. The second-order valence-corrected chi connectivity index (χ2v) is 4.04. The van der Waals surface area contributed by atoms with E-state index in [0.717, 1.165) is 24.3 Å². The van der Waals surface area contributed by atoms with Crippen LogP contribution in [0.25, 0.3) is 0 Å². The molecule has 0 aliphatic carbocycles. The highest BCUT2D eigenvalue weighted by molar-refractivity contribution is 5.78. The molecule has 0 saturated carbocycles. The molecule has 0 aliphatic heterocycles. The molecule has 1 heterocycles. The van der Waals surface area contributed by atoms with Gasteiger partial charge in [-0.2, -0.15) is 0 Å². The lowest BCUT2D eigenvalue weighted by Crippen LogP contribution is -2.34. The molecule has 0 atom stereocenters. The first kappa shape index (κ1) is 14.6. The van der Waals surface area contributed by atoms with E-state index in [9.17, 15) is 4.79 Å². The third-order valence-electron chi connectivity index (χ3n) is 2.55. The van der Waals surface area contributed by atoms with Crippen LogP contribution in [-0.2, 0) is 16.0 Å². The predicted octanol–water partition coefficient (Wildman–Crippen LogP) is 0.285. The lowest BCUT2D eigenvalue weighted by molar-refractivity contribution is -0.120. The van der Waals surface area contributed by atoms with E-state index >= 15 is 0 Å². The van der Waals surface area contributed by atoms with Crippen LogP contribution in [0.4, 0.5) is 0 Å². The zero-order valence-electron chi connectivity index (χ0n) is 11.0. The number of pyridine rings is 1. The maximum absolute atomic E-state index is 11.6. The Labute approximate surface area is 108 Å². The minimum Gasteiger partial charge on any atom is -0.383 e. The average Bonchev–Trinajstić information content (AvgIpc) is 2.36. The monoisotopic (exact) mass is 251 g/mol. The van der Waals surface area contributed by atoms with E-state index in [0.29, 0.717) is 19.6 Å². The molecule has 0 radical (unpaired) electrons. The van der Waals surface area contributed by atoms with Crippen molar-refractivity contribution in [2.45, 2.75) is 13.3 Å². The van der Waals surface area contributed by atoms with Crippen molar-refractivity contribution in [2.75, 3.05) is 33.4 Å². The molecule has 0 aromatic carbocycles. The summed E-state index contributed by atoms with van der Waals surface area (Å²) < 4.78 is 4.90. The van der Waals surface area contributed by atoms with Gasteiger partial charge in [-0.25, -0.2) is 0 Å². The van der Waals surface area contributed by atoms with E-state index in [1.807, 2.05) is 19.1 Å². The fraction of sp³-hybridized carbons (Fsp3) is 0.538. The number of aromatic nitrogens is 1. The first-order valence-electron chi connectivity index (χ1n) is 6.11. The zero-order chi connectivity index (χ0) is 13.2. The Balaban J connectivity index is 2.16. The number of carbonyl (C=O) groups excluding carboxylic acids is 1. The van der Waals surface area contributed by atoms with Gasteiger partial charge in [-0.1, -0.05) is 6.07 Å². The number of nitrogens with zero attached hydrogens (tertiary/aromatic N) is 1. The van der Waals surface area contributed by atoms with Crippen LogP contribution in [0, 0.1) is 6.92 Å². The Morgan fingerprint density at radius 2 is 2.22 bits per heavy atom. The highest BCUT2D eigenvalue weighted by atomic mass is 16.5. The molecule has 0 fully saturated rings. The van der Waals surface area contributed by atoms with Gasteiger partial charge in [0.25, 0.3) is 0 Å². The van der Waals surface area contributed by atoms with Gasteiger partial charge in [0.15, 0.2) is 0 Å². The Kier molecular flexibility index (Phi) is 6.98. The number of rotatable bonds is 8. The van der Waals surface area contributed by atoms with Crippen LogP contribution in [0.2, 0.25) is 0 Å². The lowest BCUT2D eigenvalue weighted by atomic mass is 10.1. The first-order valence-corrected chi connectivity index (χ1v) is 6.11. The van der Waals surface area contributed by atoms with E-state index < -0.39 is 0 Å². The van der Waals surface area contributed by atoms with Crippen molar-refractivity contribution in [3.63, 3.8) is 0 Å². The molecule has 5 nitrogen and oxygen atoms in total. The Morgan fingerprint density at radius 3 is 2.94 bits per heavy atom. The number of nitrogens with one attached hydrogen (secondary N) is 2. The van der Waals surface area contributed by atoms with Crippen LogP contribution in [0.3, 0.4) is 0 Å². The van der Waals surface area contributed by atoms with Gasteiger partial charge in [0.1, 0.15) is 0 Å². The fourth-order valence-electron chi connectivity index (χ4n) is 1.51. The SMILES string of the molecule is COCCNCCNC(=O)Cc1ncccc1C. The number of methoxy groups -OCH3 is 1. The van der Waals surface area contributed by atoms with Crippen molar-refractivity contribution in [3.05, 3.63) is 29.6 Å². The van der Waals surface area contributed by atoms with Gasteiger partial charge in [0.05, 0.1) is 18.7 Å². The summed E-state index contributed by atoms with van der Waals surface area (Å²) >= 11 is 0. The minimum atomic E-state index is 0.00495. The van der Waals surface area contributed by atoms with E-state index in [-0.39, 0.29) is 5.91 Å². The quantitative estimate of drug-likeness (QED) is 0.652. The normalized spacial score (nSPS) is 10.3. The van der Waals surface area contributed by atoms with Crippen LogP contribution in [-0.4, -0.2) is 44.2 Å². The highest BCUT2D eigenvalue weighted by Gasteiger charge is 2.05. The Morgan fingerprint density at radius 1 is 1.39 bits per heavy atom. The largest absolute Gasteiger partial charge is 0.383 e. The molecule has 0 unspecified atom stereocenters. The van der Waals surface area contributed by atoms with E-state index in [2.05, 4.69) is 15.6 Å². The molecular weight excluding hydrogens is 230 g/mol. The summed E-state index contributed by atoms with van der Waals surface area (Å²) in [7, 11) is 1.67. The van der Waals surface area contributed by atoms with Crippen LogP contribution < -0.4 is 10.6 Å². The Hall–Kier alpha value is -1.46. The summed E-state index contributed by atoms with van der Waals surface area (Å²) in [5.41, 5.74) is 1.88. The maximum Gasteiger partial charge on any atom is 0.226 e. The van der Waals surface area contributed by atoms with E-state index in [1.54, 1.807) is 13.3 Å². The zero-order valence-corrected chi connectivity index (χ0v) is 11.0. The Bertz CT molecular complexity index is 369. The topological polar surface area (TPSA) is 63.2 Å². The smallest absolute Gasteiger partial charge is 0.226 e.